The van der Waals surface area contributed by atoms with Gasteiger partial charge < -0.3 is 15.6 Å². The van der Waals surface area contributed by atoms with Crippen LogP contribution in [0.1, 0.15) is 26.1 Å². The van der Waals surface area contributed by atoms with Crippen molar-refractivity contribution in [3.8, 4) is 0 Å². The Morgan fingerprint density at radius 3 is 3.06 bits per heavy atom. The molecule has 0 aromatic carbocycles. The summed E-state index contributed by atoms with van der Waals surface area (Å²) in [5, 5.41) is 10.5. The average molecular weight is 225 g/mol. The molecule has 0 spiro atoms. The Morgan fingerprint density at radius 1 is 1.69 bits per heavy atom. The molecule has 0 bridgehead atoms. The SMILES string of the molecule is CCn1cnnc1CNC(=O)CC(C)CN. The number of rotatable bonds is 6. The van der Waals surface area contributed by atoms with Gasteiger partial charge in [0, 0.05) is 13.0 Å². The molecule has 1 amide bonds. The maximum atomic E-state index is 11.5. The maximum Gasteiger partial charge on any atom is 0.220 e. The molecular weight excluding hydrogens is 206 g/mol. The highest BCUT2D eigenvalue weighted by molar-refractivity contribution is 5.76. The second-order valence-electron chi connectivity index (χ2n) is 3.85. The number of hydrogen-bond acceptors (Lipinski definition) is 4. The Morgan fingerprint density at radius 2 is 2.44 bits per heavy atom. The molecule has 0 saturated heterocycles. The summed E-state index contributed by atoms with van der Waals surface area (Å²) >= 11 is 0. The molecule has 16 heavy (non-hydrogen) atoms. The van der Waals surface area contributed by atoms with Gasteiger partial charge in [0.05, 0.1) is 6.54 Å². The maximum absolute atomic E-state index is 11.5. The van der Waals surface area contributed by atoms with Gasteiger partial charge in [0.2, 0.25) is 5.91 Å². The Hall–Kier alpha value is -1.43. The van der Waals surface area contributed by atoms with Crippen molar-refractivity contribution in [2.24, 2.45) is 11.7 Å². The number of aryl methyl sites for hydroxylation is 1. The van der Waals surface area contributed by atoms with E-state index in [4.69, 9.17) is 5.73 Å². The first-order valence-electron chi connectivity index (χ1n) is 5.50. The lowest BCUT2D eigenvalue weighted by atomic mass is 10.1. The van der Waals surface area contributed by atoms with Crippen molar-refractivity contribution in [2.75, 3.05) is 6.54 Å². The highest BCUT2D eigenvalue weighted by Gasteiger charge is 2.08. The number of nitrogens with one attached hydrogen (secondary N) is 1. The van der Waals surface area contributed by atoms with Crippen LogP contribution in [0.2, 0.25) is 0 Å². The molecule has 1 atom stereocenters. The molecule has 0 aliphatic rings. The van der Waals surface area contributed by atoms with E-state index < -0.39 is 0 Å². The summed E-state index contributed by atoms with van der Waals surface area (Å²) in [6.07, 6.45) is 2.11. The van der Waals surface area contributed by atoms with Crippen LogP contribution in [0.25, 0.3) is 0 Å². The topological polar surface area (TPSA) is 85.8 Å². The van der Waals surface area contributed by atoms with Crippen LogP contribution in [0.5, 0.6) is 0 Å². The quantitative estimate of drug-likeness (QED) is 0.708. The van der Waals surface area contributed by atoms with Gasteiger partial charge >= 0.3 is 0 Å². The fourth-order valence-corrected chi connectivity index (χ4v) is 1.33. The molecule has 0 aliphatic heterocycles. The molecule has 3 N–H and O–H groups in total. The van der Waals surface area contributed by atoms with Gasteiger partial charge in [0.1, 0.15) is 6.33 Å². The third-order valence-corrected chi connectivity index (χ3v) is 2.42. The van der Waals surface area contributed by atoms with Crippen molar-refractivity contribution >= 4 is 5.91 Å². The van der Waals surface area contributed by atoms with Crippen molar-refractivity contribution in [3.05, 3.63) is 12.2 Å². The van der Waals surface area contributed by atoms with Crippen molar-refractivity contribution in [1.29, 1.82) is 0 Å². The second kappa shape index (κ2) is 6.22. The van der Waals surface area contributed by atoms with Gasteiger partial charge in [-0.1, -0.05) is 6.92 Å². The van der Waals surface area contributed by atoms with Crippen LogP contribution < -0.4 is 11.1 Å². The smallest absolute Gasteiger partial charge is 0.220 e. The van der Waals surface area contributed by atoms with Crippen LogP contribution in [0.15, 0.2) is 6.33 Å². The van der Waals surface area contributed by atoms with Gasteiger partial charge in [0.25, 0.3) is 0 Å². The summed E-state index contributed by atoms with van der Waals surface area (Å²) in [5.41, 5.74) is 5.45. The highest BCUT2D eigenvalue weighted by atomic mass is 16.1. The number of aromatic nitrogens is 3. The van der Waals surface area contributed by atoms with E-state index in [1.54, 1.807) is 6.33 Å². The molecule has 0 aliphatic carbocycles. The van der Waals surface area contributed by atoms with Gasteiger partial charge in [-0.3, -0.25) is 4.79 Å². The molecule has 1 aromatic rings. The van der Waals surface area contributed by atoms with Crippen LogP contribution in [0, 0.1) is 5.92 Å². The molecule has 0 radical (unpaired) electrons. The highest BCUT2D eigenvalue weighted by Crippen LogP contribution is 1.99. The van der Waals surface area contributed by atoms with E-state index in [0.717, 1.165) is 12.4 Å². The minimum absolute atomic E-state index is 0.00334. The Balaban J connectivity index is 2.37. The van der Waals surface area contributed by atoms with E-state index in [1.807, 2.05) is 18.4 Å². The molecular formula is C10H19N5O. The molecule has 6 heteroatoms. The normalized spacial score (nSPS) is 12.4. The lowest BCUT2D eigenvalue weighted by molar-refractivity contribution is -0.122. The molecule has 0 fully saturated rings. The second-order valence-corrected chi connectivity index (χ2v) is 3.85. The number of carbonyl (C=O) groups is 1. The van der Waals surface area contributed by atoms with E-state index in [2.05, 4.69) is 15.5 Å². The zero-order valence-electron chi connectivity index (χ0n) is 9.81. The Kier molecular flexibility index (Phi) is 4.91. The van der Waals surface area contributed by atoms with Gasteiger partial charge in [-0.25, -0.2) is 0 Å². The average Bonchev–Trinajstić information content (AvgIpc) is 2.73. The summed E-state index contributed by atoms with van der Waals surface area (Å²) in [5.74, 6) is 0.990. The van der Waals surface area contributed by atoms with Crippen molar-refractivity contribution in [1.82, 2.24) is 20.1 Å². The van der Waals surface area contributed by atoms with Crippen LogP contribution in [0.3, 0.4) is 0 Å². The zero-order valence-corrected chi connectivity index (χ0v) is 9.81. The van der Waals surface area contributed by atoms with Crippen LogP contribution in [-0.2, 0) is 17.9 Å². The Bertz CT molecular complexity index is 336. The third kappa shape index (κ3) is 3.62. The molecule has 1 aromatic heterocycles. The molecule has 1 heterocycles. The lowest BCUT2D eigenvalue weighted by Gasteiger charge is -2.09. The van der Waals surface area contributed by atoms with E-state index in [0.29, 0.717) is 19.5 Å². The molecule has 1 rings (SSSR count). The molecule has 1 unspecified atom stereocenters. The number of nitrogens with zero attached hydrogens (tertiary/aromatic N) is 3. The standard InChI is InChI=1S/C10H19N5O/c1-3-15-7-13-14-9(15)6-12-10(16)4-8(2)5-11/h7-8H,3-6,11H2,1-2H3,(H,12,16). The van der Waals surface area contributed by atoms with Crippen molar-refractivity contribution < 1.29 is 4.79 Å². The first kappa shape index (κ1) is 12.6. The van der Waals surface area contributed by atoms with E-state index in [9.17, 15) is 4.79 Å². The van der Waals surface area contributed by atoms with Gasteiger partial charge in [-0.2, -0.15) is 0 Å². The van der Waals surface area contributed by atoms with Gasteiger partial charge in [-0.05, 0) is 19.4 Å². The monoisotopic (exact) mass is 225 g/mol. The van der Waals surface area contributed by atoms with Crippen LogP contribution in [0.4, 0.5) is 0 Å². The van der Waals surface area contributed by atoms with Gasteiger partial charge in [-0.15, -0.1) is 10.2 Å². The first-order valence-corrected chi connectivity index (χ1v) is 5.50. The molecule has 0 saturated carbocycles. The number of carbonyl (C=O) groups excluding carboxylic acids is 1. The molecule has 6 nitrogen and oxygen atoms in total. The number of amides is 1. The largest absolute Gasteiger partial charge is 0.349 e. The van der Waals surface area contributed by atoms with Crippen LogP contribution >= 0.6 is 0 Å². The Labute approximate surface area is 95.2 Å². The summed E-state index contributed by atoms with van der Waals surface area (Å²) in [6, 6.07) is 0. The summed E-state index contributed by atoms with van der Waals surface area (Å²) in [4.78, 5) is 11.5. The van der Waals surface area contributed by atoms with Gasteiger partial charge in [0.15, 0.2) is 5.82 Å². The fourth-order valence-electron chi connectivity index (χ4n) is 1.33. The van der Waals surface area contributed by atoms with Crippen molar-refractivity contribution in [2.45, 2.75) is 33.4 Å². The fraction of sp³-hybridized carbons (Fsp3) is 0.700. The third-order valence-electron chi connectivity index (χ3n) is 2.42. The minimum Gasteiger partial charge on any atom is -0.349 e. The minimum atomic E-state index is 0.00334. The summed E-state index contributed by atoms with van der Waals surface area (Å²) < 4.78 is 1.90. The first-order chi connectivity index (χ1) is 7.67. The van der Waals surface area contributed by atoms with E-state index >= 15 is 0 Å². The van der Waals surface area contributed by atoms with E-state index in [1.165, 1.54) is 0 Å². The molecule has 90 valence electrons. The lowest BCUT2D eigenvalue weighted by Crippen LogP contribution is -2.27. The summed E-state index contributed by atoms with van der Waals surface area (Å²) in [6.45, 7) is 5.71. The predicted molar refractivity (Wildman–Crippen MR) is 60.4 cm³/mol. The predicted octanol–water partition coefficient (Wildman–Crippen LogP) is -0.101. The number of hydrogen-bond donors (Lipinski definition) is 2. The van der Waals surface area contributed by atoms with Crippen LogP contribution in [-0.4, -0.2) is 27.2 Å². The summed E-state index contributed by atoms with van der Waals surface area (Å²) in [7, 11) is 0. The number of nitrogens with two attached hydrogens (primary N) is 1. The van der Waals surface area contributed by atoms with Crippen molar-refractivity contribution in [3.63, 3.8) is 0 Å². The van der Waals surface area contributed by atoms with E-state index in [-0.39, 0.29) is 11.8 Å². The zero-order chi connectivity index (χ0) is 12.0.